The van der Waals surface area contributed by atoms with Gasteiger partial charge in [0.25, 0.3) is 0 Å². The van der Waals surface area contributed by atoms with Gasteiger partial charge in [0, 0.05) is 12.2 Å². The fourth-order valence-electron chi connectivity index (χ4n) is 1.35. The lowest BCUT2D eigenvalue weighted by molar-refractivity contribution is -0.139. The maximum atomic E-state index is 11.9. The number of rotatable bonds is 13. The van der Waals surface area contributed by atoms with Crippen molar-refractivity contribution in [2.75, 3.05) is 18.1 Å². The summed E-state index contributed by atoms with van der Waals surface area (Å²) in [6.45, 7) is -0.637. The van der Waals surface area contributed by atoms with Gasteiger partial charge in [-0.05, 0) is 6.42 Å². The van der Waals surface area contributed by atoms with Gasteiger partial charge >= 0.3 is 17.9 Å². The average Bonchev–Trinajstić information content (AvgIpc) is 2.52. The van der Waals surface area contributed by atoms with E-state index in [9.17, 15) is 24.0 Å². The SMILES string of the molecule is N[C@@H](CCC(=O)N[C@@H](CSSCC(=O)O)C(=O)NCC(=O)O)C(=O)O. The average molecular weight is 397 g/mol. The zero-order chi connectivity index (χ0) is 19.4. The van der Waals surface area contributed by atoms with Crippen LogP contribution >= 0.6 is 21.6 Å². The van der Waals surface area contributed by atoms with E-state index in [1.165, 1.54) is 0 Å². The van der Waals surface area contributed by atoms with Crippen molar-refractivity contribution in [3.63, 3.8) is 0 Å². The number of amides is 2. The number of nitrogens with two attached hydrogens (primary N) is 1. The van der Waals surface area contributed by atoms with Gasteiger partial charge in [-0.25, -0.2) is 0 Å². The maximum Gasteiger partial charge on any atom is 0.322 e. The molecule has 13 heteroatoms. The molecule has 0 heterocycles. The normalized spacial score (nSPS) is 12.7. The predicted octanol–water partition coefficient (Wildman–Crippen LogP) is -1.67. The van der Waals surface area contributed by atoms with Crippen molar-refractivity contribution in [2.24, 2.45) is 5.73 Å². The Labute approximate surface area is 150 Å². The van der Waals surface area contributed by atoms with Crippen LogP contribution in [0.2, 0.25) is 0 Å². The van der Waals surface area contributed by atoms with E-state index in [4.69, 9.17) is 21.1 Å². The standard InChI is InChI=1S/C12H19N3O8S2/c13-6(12(22)23)1-2-8(16)15-7(4-24-25-5-10(19)20)11(21)14-3-9(17)18/h6-7H,1-5,13H2,(H,14,21)(H,15,16)(H,17,18)(H,19,20)(H,22,23)/t6-,7-/m0/s1. The molecule has 0 aromatic rings. The van der Waals surface area contributed by atoms with Crippen LogP contribution in [0.3, 0.4) is 0 Å². The number of hydrogen-bond donors (Lipinski definition) is 6. The highest BCUT2D eigenvalue weighted by Crippen LogP contribution is 2.21. The van der Waals surface area contributed by atoms with Gasteiger partial charge in [0.15, 0.2) is 0 Å². The van der Waals surface area contributed by atoms with Crippen LogP contribution in [0.1, 0.15) is 12.8 Å². The van der Waals surface area contributed by atoms with E-state index >= 15 is 0 Å². The van der Waals surface area contributed by atoms with Gasteiger partial charge in [-0.2, -0.15) is 0 Å². The summed E-state index contributed by atoms with van der Waals surface area (Å²) in [5.74, 6) is -5.16. The van der Waals surface area contributed by atoms with Crippen LogP contribution in [0.4, 0.5) is 0 Å². The monoisotopic (exact) mass is 397 g/mol. The molecule has 0 spiro atoms. The zero-order valence-electron chi connectivity index (χ0n) is 13.0. The first-order chi connectivity index (χ1) is 11.6. The Hall–Kier alpha value is -1.99. The van der Waals surface area contributed by atoms with Crippen molar-refractivity contribution in [3.05, 3.63) is 0 Å². The Bertz CT molecular complexity index is 517. The molecule has 7 N–H and O–H groups in total. The van der Waals surface area contributed by atoms with Crippen molar-refractivity contribution in [2.45, 2.75) is 24.9 Å². The van der Waals surface area contributed by atoms with Crippen molar-refractivity contribution >= 4 is 51.3 Å². The number of carbonyl (C=O) groups excluding carboxylic acids is 2. The molecule has 0 aliphatic heterocycles. The number of carbonyl (C=O) groups is 5. The summed E-state index contributed by atoms with van der Waals surface area (Å²) in [5.41, 5.74) is 5.28. The van der Waals surface area contributed by atoms with Crippen LogP contribution in [0.15, 0.2) is 0 Å². The lowest BCUT2D eigenvalue weighted by Crippen LogP contribution is -2.49. The summed E-state index contributed by atoms with van der Waals surface area (Å²) in [5, 5.41) is 30.2. The van der Waals surface area contributed by atoms with Crippen LogP contribution in [0.5, 0.6) is 0 Å². The van der Waals surface area contributed by atoms with Gasteiger partial charge in [0.2, 0.25) is 11.8 Å². The molecule has 0 bridgehead atoms. The molecular formula is C12H19N3O8S2. The van der Waals surface area contributed by atoms with E-state index in [0.717, 1.165) is 21.6 Å². The van der Waals surface area contributed by atoms with Crippen molar-refractivity contribution < 1.29 is 39.3 Å². The minimum atomic E-state index is -1.27. The molecule has 25 heavy (non-hydrogen) atoms. The highest BCUT2D eigenvalue weighted by atomic mass is 33.1. The van der Waals surface area contributed by atoms with Crippen LogP contribution < -0.4 is 16.4 Å². The molecule has 0 aliphatic carbocycles. The van der Waals surface area contributed by atoms with Crippen LogP contribution in [-0.4, -0.2) is 75.2 Å². The van der Waals surface area contributed by atoms with E-state index in [-0.39, 0.29) is 24.3 Å². The summed E-state index contributed by atoms with van der Waals surface area (Å²) < 4.78 is 0. The molecule has 11 nitrogen and oxygen atoms in total. The minimum absolute atomic E-state index is 0.000122. The molecule has 0 saturated heterocycles. The largest absolute Gasteiger partial charge is 0.481 e. The van der Waals surface area contributed by atoms with Crippen molar-refractivity contribution in [1.29, 1.82) is 0 Å². The molecule has 2 amide bonds. The Kier molecular flexibility index (Phi) is 11.4. The number of carboxylic acids is 3. The Morgan fingerprint density at radius 3 is 2.16 bits per heavy atom. The van der Waals surface area contributed by atoms with Crippen LogP contribution in [0, 0.1) is 0 Å². The third-order valence-electron chi connectivity index (χ3n) is 2.57. The summed E-state index contributed by atoms with van der Waals surface area (Å²) >= 11 is 0. The van der Waals surface area contributed by atoms with Gasteiger partial charge in [-0.1, -0.05) is 21.6 Å². The van der Waals surface area contributed by atoms with Crippen LogP contribution in [-0.2, 0) is 24.0 Å². The van der Waals surface area contributed by atoms with E-state index in [2.05, 4.69) is 10.6 Å². The lowest BCUT2D eigenvalue weighted by atomic mass is 10.1. The first kappa shape index (κ1) is 23.0. The molecule has 0 saturated carbocycles. The predicted molar refractivity (Wildman–Crippen MR) is 90.0 cm³/mol. The van der Waals surface area contributed by atoms with Gasteiger partial charge in [-0.15, -0.1) is 0 Å². The van der Waals surface area contributed by atoms with Crippen molar-refractivity contribution in [3.8, 4) is 0 Å². The molecule has 142 valence electrons. The topological polar surface area (TPSA) is 196 Å². The van der Waals surface area contributed by atoms with Gasteiger partial charge < -0.3 is 31.7 Å². The van der Waals surface area contributed by atoms with E-state index in [1.54, 1.807) is 0 Å². The quantitative estimate of drug-likeness (QED) is 0.153. The third-order valence-corrected chi connectivity index (χ3v) is 4.83. The van der Waals surface area contributed by atoms with Gasteiger partial charge in [-0.3, -0.25) is 24.0 Å². The second kappa shape index (κ2) is 12.4. The van der Waals surface area contributed by atoms with Gasteiger partial charge in [0.05, 0.1) is 0 Å². The smallest absolute Gasteiger partial charge is 0.322 e. The molecule has 0 aromatic heterocycles. The molecule has 0 radical (unpaired) electrons. The lowest BCUT2D eigenvalue weighted by Gasteiger charge is -2.17. The Balaban J connectivity index is 4.55. The number of hydrogen-bond acceptors (Lipinski definition) is 8. The molecule has 0 fully saturated rings. The highest BCUT2D eigenvalue weighted by Gasteiger charge is 2.22. The summed E-state index contributed by atoms with van der Waals surface area (Å²) in [7, 11) is 1.97. The first-order valence-electron chi connectivity index (χ1n) is 6.87. The molecule has 0 aromatic carbocycles. The van der Waals surface area contributed by atoms with E-state index in [1.807, 2.05) is 0 Å². The highest BCUT2D eigenvalue weighted by molar-refractivity contribution is 8.76. The molecular weight excluding hydrogens is 378 g/mol. The minimum Gasteiger partial charge on any atom is -0.481 e. The fraction of sp³-hybridized carbons (Fsp3) is 0.583. The third kappa shape index (κ3) is 12.1. The van der Waals surface area contributed by atoms with E-state index in [0.29, 0.717) is 0 Å². The molecule has 0 aliphatic rings. The van der Waals surface area contributed by atoms with Gasteiger partial charge in [0.1, 0.15) is 24.4 Å². The molecule has 0 unspecified atom stereocenters. The second-order valence-corrected chi connectivity index (χ2v) is 7.16. The summed E-state index contributed by atoms with van der Waals surface area (Å²) in [6.07, 6.45) is -0.366. The number of carboxylic acid groups (broad SMARTS) is 3. The number of nitrogens with one attached hydrogen (secondary N) is 2. The zero-order valence-corrected chi connectivity index (χ0v) is 14.6. The first-order valence-corrected chi connectivity index (χ1v) is 9.35. The fourth-order valence-corrected chi connectivity index (χ4v) is 3.25. The molecule has 0 rings (SSSR count). The summed E-state index contributed by atoms with van der Waals surface area (Å²) in [6, 6.07) is -2.32. The van der Waals surface area contributed by atoms with Crippen molar-refractivity contribution in [1.82, 2.24) is 10.6 Å². The molecule has 2 atom stereocenters. The Morgan fingerprint density at radius 1 is 1.00 bits per heavy atom. The maximum absolute atomic E-state index is 11.9. The second-order valence-electron chi connectivity index (χ2n) is 4.66. The van der Waals surface area contributed by atoms with E-state index < -0.39 is 48.4 Å². The Morgan fingerprint density at radius 2 is 1.64 bits per heavy atom. The number of aliphatic carboxylic acids is 3. The summed E-state index contributed by atoms with van der Waals surface area (Å²) in [4.78, 5) is 55.2. The van der Waals surface area contributed by atoms with Crippen LogP contribution in [0.25, 0.3) is 0 Å².